The number of hydrogen-bond acceptors (Lipinski definition) is 3. The molecule has 96 valence electrons. The molecule has 0 radical (unpaired) electrons. The molecule has 1 fully saturated rings. The third-order valence-electron chi connectivity index (χ3n) is 2.83. The Morgan fingerprint density at radius 3 is 2.71 bits per heavy atom. The van der Waals surface area contributed by atoms with Crippen LogP contribution in [0.2, 0.25) is 0 Å². The van der Waals surface area contributed by atoms with E-state index in [-0.39, 0.29) is 30.6 Å². The van der Waals surface area contributed by atoms with Crippen LogP contribution in [0.4, 0.5) is 0 Å². The summed E-state index contributed by atoms with van der Waals surface area (Å²) in [4.78, 5) is 34.6. The van der Waals surface area contributed by atoms with Crippen molar-refractivity contribution in [1.29, 1.82) is 0 Å². The largest absolute Gasteiger partial charge is 0.481 e. The van der Waals surface area contributed by atoms with Gasteiger partial charge >= 0.3 is 5.97 Å². The fourth-order valence-electron chi connectivity index (χ4n) is 1.80. The van der Waals surface area contributed by atoms with E-state index in [9.17, 15) is 14.4 Å². The predicted octanol–water partition coefficient (Wildman–Crippen LogP) is -0.164. The van der Waals surface area contributed by atoms with E-state index < -0.39 is 5.97 Å². The molecule has 0 aliphatic carbocycles. The number of carboxylic acid groups (broad SMARTS) is 1. The highest BCUT2D eigenvalue weighted by molar-refractivity contribution is 5.89. The monoisotopic (exact) mass is 242 g/mol. The minimum atomic E-state index is -0.820. The van der Waals surface area contributed by atoms with Gasteiger partial charge in [-0.1, -0.05) is 0 Å². The van der Waals surface area contributed by atoms with Crippen LogP contribution in [0.15, 0.2) is 0 Å². The quantitative estimate of drug-likeness (QED) is 0.633. The van der Waals surface area contributed by atoms with Crippen LogP contribution in [0, 0.1) is 5.92 Å². The Kier molecular flexibility index (Phi) is 4.93. The second-order valence-corrected chi connectivity index (χ2v) is 4.32. The van der Waals surface area contributed by atoms with Crippen molar-refractivity contribution in [3.63, 3.8) is 0 Å². The molecule has 1 unspecified atom stereocenters. The number of nitrogens with one attached hydrogen (secondary N) is 1. The molecule has 2 amide bonds. The Morgan fingerprint density at radius 2 is 2.18 bits per heavy atom. The summed E-state index contributed by atoms with van der Waals surface area (Å²) >= 11 is 0. The van der Waals surface area contributed by atoms with Gasteiger partial charge in [-0.2, -0.15) is 0 Å². The Labute approximate surface area is 100.0 Å². The first kappa shape index (κ1) is 13.5. The number of likely N-dealkylation sites (tertiary alicyclic amines) is 1. The maximum Gasteiger partial charge on any atom is 0.303 e. The van der Waals surface area contributed by atoms with Gasteiger partial charge in [0, 0.05) is 33.0 Å². The summed E-state index contributed by atoms with van der Waals surface area (Å²) in [5.74, 6) is -1.19. The molecular formula is C11H18N2O4. The summed E-state index contributed by atoms with van der Waals surface area (Å²) in [5, 5.41) is 11.2. The Hall–Kier alpha value is -1.59. The van der Waals surface area contributed by atoms with Crippen molar-refractivity contribution in [3.8, 4) is 0 Å². The van der Waals surface area contributed by atoms with Crippen LogP contribution in [0.3, 0.4) is 0 Å². The lowest BCUT2D eigenvalue weighted by atomic mass is 10.1. The van der Waals surface area contributed by atoms with Crippen LogP contribution in [0.1, 0.15) is 25.7 Å². The number of aliphatic carboxylic acids is 1. The first-order valence-electron chi connectivity index (χ1n) is 5.74. The number of carboxylic acids is 1. The van der Waals surface area contributed by atoms with Gasteiger partial charge in [0.15, 0.2) is 0 Å². The summed E-state index contributed by atoms with van der Waals surface area (Å²) in [6.45, 7) is 0.945. The third-order valence-corrected chi connectivity index (χ3v) is 2.83. The zero-order valence-corrected chi connectivity index (χ0v) is 9.94. The second kappa shape index (κ2) is 6.22. The van der Waals surface area contributed by atoms with Gasteiger partial charge in [-0.05, 0) is 12.8 Å². The standard InChI is InChI=1S/C11H18N2O4/c1-13-7-8(6-9(13)14)11(17)12-5-3-2-4-10(15)16/h8H,2-7H2,1H3,(H,12,17)(H,15,16). The van der Waals surface area contributed by atoms with Gasteiger partial charge in [-0.25, -0.2) is 0 Å². The van der Waals surface area contributed by atoms with Crippen molar-refractivity contribution in [1.82, 2.24) is 10.2 Å². The number of carbonyl (C=O) groups is 3. The predicted molar refractivity (Wildman–Crippen MR) is 60.2 cm³/mol. The zero-order valence-electron chi connectivity index (χ0n) is 9.94. The maximum atomic E-state index is 11.6. The van der Waals surface area contributed by atoms with Crippen LogP contribution in [0.5, 0.6) is 0 Å². The summed E-state index contributed by atoms with van der Waals surface area (Å²) < 4.78 is 0. The van der Waals surface area contributed by atoms with Crippen LogP contribution >= 0.6 is 0 Å². The van der Waals surface area contributed by atoms with Gasteiger partial charge in [-0.15, -0.1) is 0 Å². The normalized spacial score (nSPS) is 19.5. The lowest BCUT2D eigenvalue weighted by molar-refractivity contribution is -0.137. The molecular weight excluding hydrogens is 224 g/mol. The molecule has 0 saturated carbocycles. The van der Waals surface area contributed by atoms with Crippen LogP contribution in [-0.4, -0.2) is 47.9 Å². The van der Waals surface area contributed by atoms with Crippen molar-refractivity contribution in [2.75, 3.05) is 20.1 Å². The summed E-state index contributed by atoms with van der Waals surface area (Å²) in [6.07, 6.45) is 1.60. The van der Waals surface area contributed by atoms with Gasteiger partial charge < -0.3 is 15.3 Å². The zero-order chi connectivity index (χ0) is 12.8. The van der Waals surface area contributed by atoms with E-state index in [4.69, 9.17) is 5.11 Å². The maximum absolute atomic E-state index is 11.6. The minimum Gasteiger partial charge on any atom is -0.481 e. The molecule has 6 nitrogen and oxygen atoms in total. The van der Waals surface area contributed by atoms with Crippen molar-refractivity contribution in [3.05, 3.63) is 0 Å². The minimum absolute atomic E-state index is 0.00368. The van der Waals surface area contributed by atoms with E-state index in [2.05, 4.69) is 5.32 Å². The van der Waals surface area contributed by atoms with Crippen molar-refractivity contribution >= 4 is 17.8 Å². The third kappa shape index (κ3) is 4.42. The molecule has 1 aliphatic heterocycles. The molecule has 1 heterocycles. The summed E-state index contributed by atoms with van der Waals surface area (Å²) in [5.41, 5.74) is 0. The number of amides is 2. The number of nitrogens with zero attached hydrogens (tertiary/aromatic N) is 1. The summed E-state index contributed by atoms with van der Waals surface area (Å²) in [7, 11) is 1.68. The smallest absolute Gasteiger partial charge is 0.303 e. The molecule has 0 bridgehead atoms. The Morgan fingerprint density at radius 1 is 1.47 bits per heavy atom. The Bertz CT molecular complexity index is 317. The molecule has 0 spiro atoms. The average Bonchev–Trinajstić information content (AvgIpc) is 2.58. The molecule has 1 rings (SSSR count). The van der Waals surface area contributed by atoms with E-state index in [1.54, 1.807) is 11.9 Å². The lowest BCUT2D eigenvalue weighted by Crippen LogP contribution is -2.32. The molecule has 17 heavy (non-hydrogen) atoms. The highest BCUT2D eigenvalue weighted by atomic mass is 16.4. The molecule has 1 aliphatic rings. The first-order chi connectivity index (χ1) is 8.00. The van der Waals surface area contributed by atoms with E-state index in [0.717, 1.165) is 0 Å². The van der Waals surface area contributed by atoms with E-state index in [1.807, 2.05) is 0 Å². The number of carbonyl (C=O) groups excluding carboxylic acids is 2. The van der Waals surface area contributed by atoms with E-state index >= 15 is 0 Å². The number of hydrogen-bond donors (Lipinski definition) is 2. The van der Waals surface area contributed by atoms with Gasteiger partial charge in [0.2, 0.25) is 11.8 Å². The van der Waals surface area contributed by atoms with Crippen LogP contribution in [0.25, 0.3) is 0 Å². The second-order valence-electron chi connectivity index (χ2n) is 4.32. The SMILES string of the molecule is CN1CC(C(=O)NCCCCC(=O)O)CC1=O. The molecule has 1 atom stereocenters. The fourth-order valence-corrected chi connectivity index (χ4v) is 1.80. The molecule has 2 N–H and O–H groups in total. The molecule has 0 aromatic carbocycles. The fraction of sp³-hybridized carbons (Fsp3) is 0.727. The average molecular weight is 242 g/mol. The first-order valence-corrected chi connectivity index (χ1v) is 5.74. The van der Waals surface area contributed by atoms with E-state index in [1.165, 1.54) is 0 Å². The molecule has 6 heteroatoms. The van der Waals surface area contributed by atoms with Crippen molar-refractivity contribution < 1.29 is 19.5 Å². The number of unbranched alkanes of at least 4 members (excludes halogenated alkanes) is 1. The lowest BCUT2D eigenvalue weighted by Gasteiger charge is -2.10. The van der Waals surface area contributed by atoms with Gasteiger partial charge in [0.25, 0.3) is 0 Å². The van der Waals surface area contributed by atoms with Crippen LogP contribution < -0.4 is 5.32 Å². The topological polar surface area (TPSA) is 86.7 Å². The number of rotatable bonds is 6. The summed E-state index contributed by atoms with van der Waals surface area (Å²) in [6, 6.07) is 0. The van der Waals surface area contributed by atoms with Gasteiger partial charge in [0.1, 0.15) is 0 Å². The molecule has 0 aromatic heterocycles. The Balaban J connectivity index is 2.13. The molecule has 0 aromatic rings. The highest BCUT2D eigenvalue weighted by Gasteiger charge is 2.31. The van der Waals surface area contributed by atoms with Gasteiger partial charge in [-0.3, -0.25) is 14.4 Å². The van der Waals surface area contributed by atoms with Gasteiger partial charge in [0.05, 0.1) is 5.92 Å². The molecule has 1 saturated heterocycles. The van der Waals surface area contributed by atoms with E-state index in [0.29, 0.717) is 25.9 Å². The highest BCUT2D eigenvalue weighted by Crippen LogP contribution is 2.15. The van der Waals surface area contributed by atoms with Crippen molar-refractivity contribution in [2.24, 2.45) is 5.92 Å². The van der Waals surface area contributed by atoms with Crippen molar-refractivity contribution in [2.45, 2.75) is 25.7 Å². The van der Waals surface area contributed by atoms with Crippen LogP contribution in [-0.2, 0) is 14.4 Å².